The number of hydrogen-bond acceptors (Lipinski definition) is 3. The lowest BCUT2D eigenvalue weighted by Crippen LogP contribution is -2.29. The lowest BCUT2D eigenvalue weighted by atomic mass is 10.0. The van der Waals surface area contributed by atoms with E-state index in [1.54, 1.807) is 24.3 Å². The molecule has 1 aromatic carbocycles. The van der Waals surface area contributed by atoms with Crippen molar-refractivity contribution in [1.29, 1.82) is 0 Å². The van der Waals surface area contributed by atoms with Crippen molar-refractivity contribution < 1.29 is 4.39 Å². The molecule has 0 aliphatic rings. The molecule has 0 fully saturated rings. The van der Waals surface area contributed by atoms with Crippen LogP contribution < -0.4 is 11.3 Å². The van der Waals surface area contributed by atoms with Gasteiger partial charge in [-0.1, -0.05) is 12.1 Å². The van der Waals surface area contributed by atoms with Gasteiger partial charge in [-0.3, -0.25) is 11.3 Å². The second-order valence-corrected chi connectivity index (χ2v) is 5.98. The Labute approximate surface area is 118 Å². The Hall–Kier alpha value is -0.750. The molecule has 1 atom stereocenters. The molecule has 18 heavy (non-hydrogen) atoms. The molecular formula is C13H14BrFN2S. The lowest BCUT2D eigenvalue weighted by molar-refractivity contribution is 0.551. The average Bonchev–Trinajstić information content (AvgIpc) is 2.75. The van der Waals surface area contributed by atoms with Crippen molar-refractivity contribution in [3.05, 3.63) is 55.9 Å². The molecule has 2 rings (SSSR count). The molecule has 0 radical (unpaired) electrons. The van der Waals surface area contributed by atoms with E-state index in [1.807, 2.05) is 17.5 Å². The van der Waals surface area contributed by atoms with Gasteiger partial charge in [0.2, 0.25) is 0 Å². The fourth-order valence-corrected chi connectivity index (χ4v) is 3.38. The van der Waals surface area contributed by atoms with Crippen molar-refractivity contribution in [2.75, 3.05) is 0 Å². The maximum atomic E-state index is 13.3. The summed E-state index contributed by atoms with van der Waals surface area (Å²) in [7, 11) is 0. The summed E-state index contributed by atoms with van der Waals surface area (Å²) < 4.78 is 14.3. The molecule has 0 spiro atoms. The molecule has 3 N–H and O–H groups in total. The third-order valence-corrected chi connectivity index (χ3v) is 4.81. The van der Waals surface area contributed by atoms with Gasteiger partial charge in [0.25, 0.3) is 0 Å². The molecule has 0 aliphatic carbocycles. The van der Waals surface area contributed by atoms with Crippen molar-refractivity contribution in [3.8, 4) is 0 Å². The number of nitrogens with two attached hydrogens (primary N) is 1. The van der Waals surface area contributed by atoms with Crippen molar-refractivity contribution >= 4 is 27.3 Å². The summed E-state index contributed by atoms with van der Waals surface area (Å²) in [6.07, 6.45) is 0.778. The summed E-state index contributed by atoms with van der Waals surface area (Å²) in [5.74, 6) is 5.42. The van der Waals surface area contributed by atoms with Crippen LogP contribution in [0.2, 0.25) is 0 Å². The molecule has 2 aromatic rings. The van der Waals surface area contributed by atoms with Crippen molar-refractivity contribution in [3.63, 3.8) is 0 Å². The van der Waals surface area contributed by atoms with Gasteiger partial charge in [0, 0.05) is 15.8 Å². The Balaban J connectivity index is 2.23. The summed E-state index contributed by atoms with van der Waals surface area (Å²) in [4.78, 5) is 1.22. The predicted octanol–water partition coefficient (Wildman–Crippen LogP) is 3.71. The molecule has 5 heteroatoms. The molecule has 1 heterocycles. The van der Waals surface area contributed by atoms with Crippen LogP contribution in [0.15, 0.2) is 34.1 Å². The van der Waals surface area contributed by atoms with Gasteiger partial charge < -0.3 is 0 Å². The molecule has 96 valence electrons. The van der Waals surface area contributed by atoms with Gasteiger partial charge in [-0.05, 0) is 51.5 Å². The first-order valence-corrected chi connectivity index (χ1v) is 7.23. The zero-order valence-corrected chi connectivity index (χ0v) is 12.3. The first kappa shape index (κ1) is 13.7. The lowest BCUT2D eigenvalue weighted by Gasteiger charge is -2.16. The highest BCUT2D eigenvalue weighted by atomic mass is 79.9. The van der Waals surface area contributed by atoms with Crippen LogP contribution in [0.1, 0.15) is 22.0 Å². The van der Waals surface area contributed by atoms with Crippen LogP contribution in [0, 0.1) is 12.7 Å². The van der Waals surface area contributed by atoms with Gasteiger partial charge in [-0.25, -0.2) is 4.39 Å². The smallest absolute Gasteiger partial charge is 0.126 e. The third kappa shape index (κ3) is 2.98. The number of hydrazine groups is 1. The second kappa shape index (κ2) is 5.93. The minimum atomic E-state index is -0.188. The number of rotatable bonds is 4. The van der Waals surface area contributed by atoms with E-state index in [9.17, 15) is 4.39 Å². The van der Waals surface area contributed by atoms with Gasteiger partial charge >= 0.3 is 0 Å². The third-order valence-electron chi connectivity index (χ3n) is 2.87. The highest BCUT2D eigenvalue weighted by Gasteiger charge is 2.14. The van der Waals surface area contributed by atoms with E-state index in [4.69, 9.17) is 5.84 Å². The quantitative estimate of drug-likeness (QED) is 0.663. The zero-order chi connectivity index (χ0) is 13.1. The monoisotopic (exact) mass is 328 g/mol. The van der Waals surface area contributed by atoms with E-state index >= 15 is 0 Å². The average molecular weight is 329 g/mol. The van der Waals surface area contributed by atoms with Gasteiger partial charge in [0.15, 0.2) is 0 Å². The highest BCUT2D eigenvalue weighted by molar-refractivity contribution is 9.10. The number of hydrogen-bond donors (Lipinski definition) is 2. The van der Waals surface area contributed by atoms with E-state index < -0.39 is 0 Å². The van der Waals surface area contributed by atoms with Crippen LogP contribution in [0.3, 0.4) is 0 Å². The SMILES string of the molecule is Cc1cc(C(Cc2sccc2Br)NN)ccc1F. The van der Waals surface area contributed by atoms with Crippen LogP contribution >= 0.6 is 27.3 Å². The summed E-state index contributed by atoms with van der Waals surface area (Å²) in [5.41, 5.74) is 4.43. The van der Waals surface area contributed by atoms with Gasteiger partial charge in [0.1, 0.15) is 5.82 Å². The standard InChI is InChI=1S/C13H14BrFN2S/c1-8-6-9(2-3-11(8)15)12(17-16)7-13-10(14)4-5-18-13/h2-6,12,17H,7,16H2,1H3. The predicted molar refractivity (Wildman–Crippen MR) is 76.9 cm³/mol. The normalized spacial score (nSPS) is 12.7. The topological polar surface area (TPSA) is 38.0 Å². The Morgan fingerprint density at radius 2 is 2.22 bits per heavy atom. The molecule has 0 bridgehead atoms. The molecule has 0 aliphatic heterocycles. The van der Waals surface area contributed by atoms with Crippen LogP contribution in [0.5, 0.6) is 0 Å². The van der Waals surface area contributed by atoms with E-state index in [-0.39, 0.29) is 11.9 Å². The summed E-state index contributed by atoms with van der Waals surface area (Å²) in [6.45, 7) is 1.76. The fourth-order valence-electron chi connectivity index (χ4n) is 1.81. The number of nitrogens with one attached hydrogen (secondary N) is 1. The molecule has 0 amide bonds. The first-order valence-electron chi connectivity index (χ1n) is 5.56. The number of thiophene rings is 1. The molecule has 0 saturated carbocycles. The Bertz CT molecular complexity index is 542. The fraction of sp³-hybridized carbons (Fsp3) is 0.231. The molecule has 0 saturated heterocycles. The Morgan fingerprint density at radius 3 is 2.78 bits per heavy atom. The van der Waals surface area contributed by atoms with Gasteiger partial charge in [-0.15, -0.1) is 11.3 Å². The maximum Gasteiger partial charge on any atom is 0.126 e. The number of halogens is 2. The molecule has 1 unspecified atom stereocenters. The van der Waals surface area contributed by atoms with Crippen molar-refractivity contribution in [2.45, 2.75) is 19.4 Å². The van der Waals surface area contributed by atoms with Gasteiger partial charge in [0.05, 0.1) is 6.04 Å². The second-order valence-electron chi connectivity index (χ2n) is 4.12. The van der Waals surface area contributed by atoms with E-state index in [2.05, 4.69) is 21.4 Å². The van der Waals surface area contributed by atoms with Crippen LogP contribution in [-0.4, -0.2) is 0 Å². The maximum absolute atomic E-state index is 13.3. The highest BCUT2D eigenvalue weighted by Crippen LogP contribution is 2.28. The molecular weight excluding hydrogens is 315 g/mol. The minimum absolute atomic E-state index is 0.0146. The van der Waals surface area contributed by atoms with Crippen molar-refractivity contribution in [1.82, 2.24) is 5.43 Å². The summed E-state index contributed by atoms with van der Waals surface area (Å²) in [6, 6.07) is 7.09. The van der Waals surface area contributed by atoms with Crippen LogP contribution in [0.4, 0.5) is 4.39 Å². The zero-order valence-electron chi connectivity index (χ0n) is 9.91. The van der Waals surface area contributed by atoms with E-state index in [0.29, 0.717) is 5.56 Å². The van der Waals surface area contributed by atoms with Crippen LogP contribution in [0.25, 0.3) is 0 Å². The Kier molecular flexibility index (Phi) is 4.50. The Morgan fingerprint density at radius 1 is 1.44 bits per heavy atom. The minimum Gasteiger partial charge on any atom is -0.271 e. The molecule has 1 aromatic heterocycles. The molecule has 2 nitrogen and oxygen atoms in total. The number of benzene rings is 1. The number of aryl methyl sites for hydroxylation is 1. The largest absolute Gasteiger partial charge is 0.271 e. The van der Waals surface area contributed by atoms with E-state index in [1.165, 1.54) is 10.9 Å². The van der Waals surface area contributed by atoms with E-state index in [0.717, 1.165) is 16.5 Å². The summed E-state index contributed by atoms with van der Waals surface area (Å²) >= 11 is 5.18. The van der Waals surface area contributed by atoms with Gasteiger partial charge in [-0.2, -0.15) is 0 Å². The first-order chi connectivity index (χ1) is 8.61. The summed E-state index contributed by atoms with van der Waals surface area (Å²) in [5, 5.41) is 2.03. The van der Waals surface area contributed by atoms with Crippen molar-refractivity contribution in [2.24, 2.45) is 5.84 Å². The van der Waals surface area contributed by atoms with Crippen LogP contribution in [-0.2, 0) is 6.42 Å².